The summed E-state index contributed by atoms with van der Waals surface area (Å²) in [6.07, 6.45) is 2.69. The van der Waals surface area contributed by atoms with Crippen LogP contribution in [-0.4, -0.2) is 11.4 Å². The Morgan fingerprint density at radius 1 is 1.14 bits per heavy atom. The number of carbonyl (C=O) groups is 1. The first-order chi connectivity index (χ1) is 10.1. The fraction of sp³-hybridized carbons (Fsp3) is 0.278. The van der Waals surface area contributed by atoms with Crippen molar-refractivity contribution in [3.8, 4) is 5.75 Å². The quantitative estimate of drug-likeness (QED) is 0.680. The van der Waals surface area contributed by atoms with Crippen LogP contribution in [0.25, 0.3) is 0 Å². The Morgan fingerprint density at radius 3 is 2.48 bits per heavy atom. The van der Waals surface area contributed by atoms with E-state index in [0.29, 0.717) is 14.3 Å². The van der Waals surface area contributed by atoms with Crippen molar-refractivity contribution in [2.24, 2.45) is 0 Å². The molecule has 21 heavy (non-hydrogen) atoms. The SMILES string of the molecule is CCc1cc(Pc2c(O)cccc2CC)cc(C)c1C=O. The van der Waals surface area contributed by atoms with Gasteiger partial charge in [0.15, 0.2) is 6.29 Å². The molecule has 0 saturated carbocycles. The standard InChI is InChI=1S/C18H21O2P/c1-4-13-7-6-8-17(20)18(13)21-15-9-12(3)16(11-19)14(5-2)10-15/h6-11,20-21H,4-5H2,1-3H3. The fourth-order valence-electron chi connectivity index (χ4n) is 2.57. The van der Waals surface area contributed by atoms with E-state index < -0.39 is 0 Å². The van der Waals surface area contributed by atoms with Gasteiger partial charge < -0.3 is 5.11 Å². The van der Waals surface area contributed by atoms with Crippen molar-refractivity contribution < 1.29 is 9.90 Å². The molecule has 1 unspecified atom stereocenters. The van der Waals surface area contributed by atoms with Gasteiger partial charge in [-0.25, -0.2) is 0 Å². The van der Waals surface area contributed by atoms with Gasteiger partial charge >= 0.3 is 0 Å². The smallest absolute Gasteiger partial charge is 0.150 e. The Hall–Kier alpha value is -1.66. The lowest BCUT2D eigenvalue weighted by atomic mass is 10.0. The van der Waals surface area contributed by atoms with Gasteiger partial charge in [-0.2, -0.15) is 0 Å². The van der Waals surface area contributed by atoms with E-state index in [1.165, 1.54) is 10.9 Å². The topological polar surface area (TPSA) is 37.3 Å². The Morgan fingerprint density at radius 2 is 1.86 bits per heavy atom. The lowest BCUT2D eigenvalue weighted by Gasteiger charge is -2.13. The molecule has 2 rings (SSSR count). The van der Waals surface area contributed by atoms with Gasteiger partial charge in [0.2, 0.25) is 0 Å². The van der Waals surface area contributed by atoms with Crippen LogP contribution in [0.15, 0.2) is 30.3 Å². The number of aryl methyl sites for hydroxylation is 3. The molecule has 2 aromatic rings. The minimum atomic E-state index is 0.364. The van der Waals surface area contributed by atoms with Gasteiger partial charge in [-0.3, -0.25) is 4.79 Å². The summed E-state index contributed by atoms with van der Waals surface area (Å²) in [4.78, 5) is 11.2. The van der Waals surface area contributed by atoms with Crippen molar-refractivity contribution in [1.82, 2.24) is 0 Å². The van der Waals surface area contributed by atoms with E-state index in [-0.39, 0.29) is 0 Å². The highest BCUT2D eigenvalue weighted by Gasteiger charge is 2.11. The molecule has 2 nitrogen and oxygen atoms in total. The molecule has 0 heterocycles. The second-order valence-electron chi connectivity index (χ2n) is 5.13. The number of rotatable bonds is 5. The van der Waals surface area contributed by atoms with E-state index in [1.807, 2.05) is 13.0 Å². The molecular formula is C18H21O2P. The van der Waals surface area contributed by atoms with Crippen LogP contribution in [0.1, 0.15) is 40.9 Å². The average molecular weight is 300 g/mol. The highest BCUT2D eigenvalue weighted by atomic mass is 31.1. The molecule has 1 N–H and O–H groups in total. The number of hydrogen-bond acceptors (Lipinski definition) is 2. The maximum Gasteiger partial charge on any atom is 0.150 e. The van der Waals surface area contributed by atoms with Gasteiger partial charge in [0.05, 0.1) is 0 Å². The Kier molecular flexibility index (Phi) is 5.14. The van der Waals surface area contributed by atoms with Gasteiger partial charge in [0.1, 0.15) is 5.75 Å². The largest absolute Gasteiger partial charge is 0.507 e. The molecule has 0 saturated heterocycles. The Balaban J connectivity index is 2.45. The minimum absolute atomic E-state index is 0.364. The number of aldehydes is 1. The zero-order valence-corrected chi connectivity index (χ0v) is 13.7. The molecule has 110 valence electrons. The average Bonchev–Trinajstić information content (AvgIpc) is 2.48. The molecule has 0 fully saturated rings. The third kappa shape index (κ3) is 3.33. The van der Waals surface area contributed by atoms with Gasteiger partial charge in [0, 0.05) is 10.9 Å². The van der Waals surface area contributed by atoms with E-state index in [2.05, 4.69) is 32.0 Å². The van der Waals surface area contributed by atoms with Crippen molar-refractivity contribution in [2.75, 3.05) is 0 Å². The molecular weight excluding hydrogens is 279 g/mol. The van der Waals surface area contributed by atoms with Crippen LogP contribution in [0.3, 0.4) is 0 Å². The highest BCUT2D eigenvalue weighted by Crippen LogP contribution is 2.24. The molecule has 0 aromatic heterocycles. The molecule has 0 amide bonds. The monoisotopic (exact) mass is 300 g/mol. The van der Waals surface area contributed by atoms with Gasteiger partial charge in [-0.15, -0.1) is 0 Å². The maximum atomic E-state index is 11.2. The minimum Gasteiger partial charge on any atom is -0.507 e. The number of benzene rings is 2. The van der Waals surface area contributed by atoms with Crippen molar-refractivity contribution in [3.63, 3.8) is 0 Å². The second-order valence-corrected chi connectivity index (χ2v) is 6.45. The van der Waals surface area contributed by atoms with Gasteiger partial charge in [-0.05, 0) is 47.8 Å². The van der Waals surface area contributed by atoms with E-state index in [4.69, 9.17) is 0 Å². The first kappa shape index (κ1) is 15.7. The predicted octanol–water partition coefficient (Wildman–Crippen LogP) is 3.27. The van der Waals surface area contributed by atoms with Crippen molar-refractivity contribution >= 4 is 25.5 Å². The molecule has 0 aliphatic carbocycles. The number of phenols is 1. The predicted molar refractivity (Wildman–Crippen MR) is 91.0 cm³/mol. The number of phenolic OH excluding ortho intramolecular Hbond substituents is 1. The van der Waals surface area contributed by atoms with Gasteiger partial charge in [0.25, 0.3) is 0 Å². The number of aromatic hydroxyl groups is 1. The third-order valence-electron chi connectivity index (χ3n) is 3.75. The molecule has 0 aliphatic heterocycles. The Bertz CT molecular complexity index is 663. The van der Waals surface area contributed by atoms with Crippen LogP contribution in [0, 0.1) is 6.92 Å². The Labute approximate surface area is 128 Å². The van der Waals surface area contributed by atoms with E-state index >= 15 is 0 Å². The second kappa shape index (κ2) is 6.87. The van der Waals surface area contributed by atoms with Crippen LogP contribution in [0.5, 0.6) is 5.75 Å². The summed E-state index contributed by atoms with van der Waals surface area (Å²) < 4.78 is 0. The maximum absolute atomic E-state index is 11.2. The van der Waals surface area contributed by atoms with E-state index in [0.717, 1.165) is 41.1 Å². The van der Waals surface area contributed by atoms with E-state index in [1.54, 1.807) is 6.07 Å². The normalized spacial score (nSPS) is 11.2. The fourth-order valence-corrected chi connectivity index (χ4v) is 4.03. The summed E-state index contributed by atoms with van der Waals surface area (Å²) >= 11 is 0. The zero-order chi connectivity index (χ0) is 15.4. The first-order valence-corrected chi connectivity index (χ1v) is 8.27. The number of hydrogen-bond donors (Lipinski definition) is 1. The van der Waals surface area contributed by atoms with Crippen LogP contribution < -0.4 is 10.6 Å². The summed E-state index contributed by atoms with van der Waals surface area (Å²) in [5.41, 5.74) is 4.09. The van der Waals surface area contributed by atoms with Gasteiger partial charge in [-0.1, -0.05) is 46.7 Å². The lowest BCUT2D eigenvalue weighted by Crippen LogP contribution is -2.11. The molecule has 2 aromatic carbocycles. The molecule has 0 spiro atoms. The van der Waals surface area contributed by atoms with Crippen LogP contribution in [0.4, 0.5) is 0 Å². The van der Waals surface area contributed by atoms with E-state index in [9.17, 15) is 9.90 Å². The third-order valence-corrected chi connectivity index (χ3v) is 5.15. The molecule has 3 heteroatoms. The van der Waals surface area contributed by atoms with Crippen molar-refractivity contribution in [1.29, 1.82) is 0 Å². The first-order valence-electron chi connectivity index (χ1n) is 7.27. The molecule has 0 bridgehead atoms. The lowest BCUT2D eigenvalue weighted by molar-refractivity contribution is 0.112. The van der Waals surface area contributed by atoms with Crippen LogP contribution in [0.2, 0.25) is 0 Å². The molecule has 1 atom stereocenters. The highest BCUT2D eigenvalue weighted by molar-refractivity contribution is 7.55. The summed E-state index contributed by atoms with van der Waals surface area (Å²) in [5.74, 6) is 0.364. The zero-order valence-electron chi connectivity index (χ0n) is 12.7. The summed E-state index contributed by atoms with van der Waals surface area (Å²) in [5, 5.41) is 12.3. The number of carbonyl (C=O) groups excluding carboxylic acids is 1. The summed E-state index contributed by atoms with van der Waals surface area (Å²) in [7, 11) is 0.409. The van der Waals surface area contributed by atoms with Crippen molar-refractivity contribution in [2.45, 2.75) is 33.6 Å². The van der Waals surface area contributed by atoms with Crippen LogP contribution >= 0.6 is 8.58 Å². The molecule has 0 radical (unpaired) electrons. The molecule has 0 aliphatic rings. The summed E-state index contributed by atoms with van der Waals surface area (Å²) in [6.45, 7) is 6.13. The van der Waals surface area contributed by atoms with Crippen molar-refractivity contribution in [3.05, 3.63) is 52.6 Å². The van der Waals surface area contributed by atoms with Crippen LogP contribution in [-0.2, 0) is 12.8 Å². The summed E-state index contributed by atoms with van der Waals surface area (Å²) in [6, 6.07) is 9.86.